The Hall–Kier alpha value is -3.35. The van der Waals surface area contributed by atoms with Crippen molar-refractivity contribution in [2.75, 3.05) is 5.32 Å². The van der Waals surface area contributed by atoms with Gasteiger partial charge < -0.3 is 10.1 Å². The van der Waals surface area contributed by atoms with Gasteiger partial charge in [-0.1, -0.05) is 26.8 Å². The number of anilines is 1. The van der Waals surface area contributed by atoms with E-state index in [1.165, 1.54) is 0 Å². The fourth-order valence-electron chi connectivity index (χ4n) is 2.28. The van der Waals surface area contributed by atoms with E-state index in [-0.39, 0.29) is 17.9 Å². The van der Waals surface area contributed by atoms with Gasteiger partial charge in [0.1, 0.15) is 5.75 Å². The lowest BCUT2D eigenvalue weighted by molar-refractivity contribution is -0.118. The summed E-state index contributed by atoms with van der Waals surface area (Å²) in [7, 11) is 0. The van der Waals surface area contributed by atoms with Gasteiger partial charge >= 0.3 is 0 Å². The molecule has 0 bridgehead atoms. The topological polar surface area (TPSA) is 96.5 Å². The first kappa shape index (κ1) is 21.9. The van der Waals surface area contributed by atoms with Crippen molar-refractivity contribution < 1.29 is 19.1 Å². The molecule has 1 unspecified atom stereocenters. The molecule has 0 radical (unpaired) electrons. The van der Waals surface area contributed by atoms with E-state index in [1.54, 1.807) is 62.4 Å². The molecule has 0 aliphatic rings. The lowest BCUT2D eigenvalue weighted by Gasteiger charge is -2.13. The first-order chi connectivity index (χ1) is 13.8. The number of hydrogen-bond donors (Lipinski definition) is 3. The molecule has 2 aromatic carbocycles. The minimum absolute atomic E-state index is 0.0429. The van der Waals surface area contributed by atoms with Crippen LogP contribution in [0, 0.1) is 5.92 Å². The smallest absolute Gasteiger partial charge is 0.269 e. The molecular weight excluding hydrogens is 370 g/mol. The van der Waals surface area contributed by atoms with E-state index in [2.05, 4.69) is 16.2 Å². The highest BCUT2D eigenvalue weighted by atomic mass is 16.5. The second-order valence-corrected chi connectivity index (χ2v) is 6.99. The van der Waals surface area contributed by atoms with Crippen molar-refractivity contribution in [3.63, 3.8) is 0 Å². The van der Waals surface area contributed by atoms with E-state index in [1.807, 2.05) is 13.8 Å². The highest BCUT2D eigenvalue weighted by molar-refractivity contribution is 5.99. The summed E-state index contributed by atoms with van der Waals surface area (Å²) >= 11 is 0. The monoisotopic (exact) mass is 397 g/mol. The van der Waals surface area contributed by atoms with Gasteiger partial charge in [0.15, 0.2) is 0 Å². The van der Waals surface area contributed by atoms with Gasteiger partial charge in [-0.05, 0) is 55.8 Å². The Kier molecular flexibility index (Phi) is 7.77. The molecule has 7 nitrogen and oxygen atoms in total. The van der Waals surface area contributed by atoms with Crippen molar-refractivity contribution in [3.8, 4) is 5.75 Å². The fraction of sp³-hybridized carbons (Fsp3) is 0.318. The Labute approximate surface area is 170 Å². The molecule has 0 aliphatic carbocycles. The second-order valence-electron chi connectivity index (χ2n) is 6.99. The molecular formula is C22H27N3O4. The normalized spacial score (nSPS) is 11.5. The molecule has 0 spiro atoms. The Balaban J connectivity index is 1.92. The maximum Gasteiger partial charge on any atom is 0.269 e. The van der Waals surface area contributed by atoms with Gasteiger partial charge in [-0.25, -0.2) is 0 Å². The predicted molar refractivity (Wildman–Crippen MR) is 112 cm³/mol. The summed E-state index contributed by atoms with van der Waals surface area (Å²) < 4.78 is 5.71. The van der Waals surface area contributed by atoms with Crippen LogP contribution in [0.3, 0.4) is 0 Å². The molecule has 0 aliphatic heterocycles. The summed E-state index contributed by atoms with van der Waals surface area (Å²) in [4.78, 5) is 36.2. The summed E-state index contributed by atoms with van der Waals surface area (Å²) in [6.45, 7) is 7.56. The van der Waals surface area contributed by atoms with Crippen LogP contribution in [0.2, 0.25) is 0 Å². The van der Waals surface area contributed by atoms with Gasteiger partial charge in [0, 0.05) is 22.7 Å². The number of hydrogen-bond acceptors (Lipinski definition) is 4. The molecule has 29 heavy (non-hydrogen) atoms. The number of amides is 3. The molecule has 0 heterocycles. The maximum atomic E-state index is 12.3. The molecule has 3 amide bonds. The SMILES string of the molecule is CCC(C)Oc1cccc(C(=O)NNC(=O)c2ccc(NC(=O)C(C)C)cc2)c1. The predicted octanol–water partition coefficient (Wildman–Crippen LogP) is 3.53. The van der Waals surface area contributed by atoms with Crippen molar-refractivity contribution in [2.45, 2.75) is 40.2 Å². The molecule has 154 valence electrons. The number of carbonyl (C=O) groups excluding carboxylic acids is 3. The molecule has 0 aromatic heterocycles. The summed E-state index contributed by atoms with van der Waals surface area (Å²) in [5.74, 6) is -0.561. The summed E-state index contributed by atoms with van der Waals surface area (Å²) in [6.07, 6.45) is 0.896. The minimum Gasteiger partial charge on any atom is -0.491 e. The Morgan fingerprint density at radius 3 is 2.10 bits per heavy atom. The van der Waals surface area contributed by atoms with E-state index in [0.29, 0.717) is 22.6 Å². The summed E-state index contributed by atoms with van der Waals surface area (Å²) in [5, 5.41) is 2.75. The number of nitrogens with one attached hydrogen (secondary N) is 3. The third kappa shape index (κ3) is 6.64. The first-order valence-electron chi connectivity index (χ1n) is 9.58. The van der Waals surface area contributed by atoms with Gasteiger partial charge in [0.2, 0.25) is 5.91 Å². The molecule has 2 rings (SSSR count). The van der Waals surface area contributed by atoms with Crippen LogP contribution in [0.1, 0.15) is 54.8 Å². The largest absolute Gasteiger partial charge is 0.491 e. The molecule has 2 aromatic rings. The first-order valence-corrected chi connectivity index (χ1v) is 9.58. The average Bonchev–Trinajstić information content (AvgIpc) is 2.72. The molecule has 3 N–H and O–H groups in total. The van der Waals surface area contributed by atoms with Crippen molar-refractivity contribution in [1.82, 2.24) is 10.9 Å². The van der Waals surface area contributed by atoms with Crippen LogP contribution in [0.4, 0.5) is 5.69 Å². The minimum atomic E-state index is -0.466. The number of ether oxygens (including phenoxy) is 1. The third-order valence-electron chi connectivity index (χ3n) is 4.24. The van der Waals surface area contributed by atoms with E-state index >= 15 is 0 Å². The number of rotatable bonds is 7. The van der Waals surface area contributed by atoms with Crippen LogP contribution in [0.5, 0.6) is 5.75 Å². The highest BCUT2D eigenvalue weighted by Gasteiger charge is 2.12. The van der Waals surface area contributed by atoms with Gasteiger partial charge in [-0.3, -0.25) is 25.2 Å². The van der Waals surface area contributed by atoms with Crippen LogP contribution in [0.25, 0.3) is 0 Å². The van der Waals surface area contributed by atoms with E-state index in [4.69, 9.17) is 4.74 Å². The van der Waals surface area contributed by atoms with Crippen molar-refractivity contribution in [3.05, 3.63) is 59.7 Å². The Bertz CT molecular complexity index is 863. The average molecular weight is 397 g/mol. The summed E-state index contributed by atoms with van der Waals surface area (Å²) in [5.41, 5.74) is 6.09. The van der Waals surface area contributed by atoms with Crippen LogP contribution in [-0.2, 0) is 4.79 Å². The van der Waals surface area contributed by atoms with Crippen LogP contribution in [-0.4, -0.2) is 23.8 Å². The molecule has 0 fully saturated rings. The van der Waals surface area contributed by atoms with E-state index < -0.39 is 11.8 Å². The zero-order chi connectivity index (χ0) is 21.4. The van der Waals surface area contributed by atoms with E-state index in [0.717, 1.165) is 6.42 Å². The van der Waals surface area contributed by atoms with Crippen LogP contribution >= 0.6 is 0 Å². The Morgan fingerprint density at radius 2 is 1.52 bits per heavy atom. The zero-order valence-corrected chi connectivity index (χ0v) is 17.1. The third-order valence-corrected chi connectivity index (χ3v) is 4.24. The molecule has 7 heteroatoms. The quantitative estimate of drug-likeness (QED) is 0.623. The summed E-state index contributed by atoms with van der Waals surface area (Å²) in [6, 6.07) is 13.2. The zero-order valence-electron chi connectivity index (χ0n) is 17.1. The second kappa shape index (κ2) is 10.3. The van der Waals surface area contributed by atoms with Crippen molar-refractivity contribution in [2.24, 2.45) is 5.92 Å². The standard InChI is InChI=1S/C22H27N3O4/c1-5-15(4)29-19-8-6-7-17(13-19)22(28)25-24-21(27)16-9-11-18(12-10-16)23-20(26)14(2)3/h6-15H,5H2,1-4H3,(H,23,26)(H,24,27)(H,25,28). The Morgan fingerprint density at radius 1 is 0.897 bits per heavy atom. The van der Waals surface area contributed by atoms with Crippen LogP contribution in [0.15, 0.2) is 48.5 Å². The van der Waals surface area contributed by atoms with Gasteiger partial charge in [0.05, 0.1) is 6.10 Å². The number of benzene rings is 2. The van der Waals surface area contributed by atoms with Crippen LogP contribution < -0.4 is 20.9 Å². The van der Waals surface area contributed by atoms with Gasteiger partial charge in [-0.2, -0.15) is 0 Å². The van der Waals surface area contributed by atoms with Crippen molar-refractivity contribution in [1.29, 1.82) is 0 Å². The maximum absolute atomic E-state index is 12.3. The number of carbonyl (C=O) groups is 3. The lowest BCUT2D eigenvalue weighted by Crippen LogP contribution is -2.41. The van der Waals surface area contributed by atoms with E-state index in [9.17, 15) is 14.4 Å². The molecule has 1 atom stereocenters. The fourth-order valence-corrected chi connectivity index (χ4v) is 2.28. The molecule has 0 saturated carbocycles. The highest BCUT2D eigenvalue weighted by Crippen LogP contribution is 2.16. The van der Waals surface area contributed by atoms with Crippen molar-refractivity contribution >= 4 is 23.4 Å². The van der Waals surface area contributed by atoms with Gasteiger partial charge in [0.25, 0.3) is 11.8 Å². The van der Waals surface area contributed by atoms with Gasteiger partial charge in [-0.15, -0.1) is 0 Å². The number of hydrazine groups is 1. The lowest BCUT2D eigenvalue weighted by atomic mass is 10.1. The molecule has 0 saturated heterocycles.